The summed E-state index contributed by atoms with van der Waals surface area (Å²) in [5, 5.41) is 1.29. The number of fused-ring (bicyclic) bond motifs is 1. The van der Waals surface area contributed by atoms with Gasteiger partial charge in [0.05, 0.1) is 7.11 Å². The zero-order valence-electron chi connectivity index (χ0n) is 16.9. The van der Waals surface area contributed by atoms with E-state index in [9.17, 15) is 0 Å². The Bertz CT molecular complexity index is 1090. The summed E-state index contributed by atoms with van der Waals surface area (Å²) in [6.45, 7) is 0. The van der Waals surface area contributed by atoms with E-state index in [0.717, 1.165) is 5.75 Å². The molecule has 0 N–H and O–H groups in total. The maximum atomic E-state index is 5.51. The highest BCUT2D eigenvalue weighted by Gasteiger charge is 2.21. The van der Waals surface area contributed by atoms with Gasteiger partial charge in [0.1, 0.15) is 5.75 Å². The summed E-state index contributed by atoms with van der Waals surface area (Å²) < 4.78 is 7.72. The quantitative estimate of drug-likeness (QED) is 0.466. The highest BCUT2D eigenvalue weighted by atomic mass is 16.5. The minimum Gasteiger partial charge on any atom is -0.497 e. The van der Waals surface area contributed by atoms with Crippen LogP contribution in [-0.2, 0) is 7.05 Å². The molecule has 0 saturated carbocycles. The number of aryl methyl sites for hydroxylation is 1. The SMILES string of the molecule is COc1cccc(C(c2ccc(N(C)C)cc2)c2cn(C)c3ccccc23)c1. The molecule has 0 spiro atoms. The fourth-order valence-corrected chi connectivity index (χ4v) is 3.94. The first-order chi connectivity index (χ1) is 13.6. The van der Waals surface area contributed by atoms with Crippen molar-refractivity contribution in [1.29, 1.82) is 0 Å². The molecule has 1 heterocycles. The van der Waals surface area contributed by atoms with Gasteiger partial charge >= 0.3 is 0 Å². The van der Waals surface area contributed by atoms with Crippen molar-refractivity contribution in [2.24, 2.45) is 7.05 Å². The molecule has 0 aliphatic carbocycles. The number of aromatic nitrogens is 1. The van der Waals surface area contributed by atoms with Crippen molar-refractivity contribution in [2.75, 3.05) is 26.1 Å². The van der Waals surface area contributed by atoms with Crippen molar-refractivity contribution >= 4 is 16.6 Å². The van der Waals surface area contributed by atoms with E-state index in [1.807, 2.05) is 6.07 Å². The lowest BCUT2D eigenvalue weighted by Gasteiger charge is -2.20. The summed E-state index contributed by atoms with van der Waals surface area (Å²) >= 11 is 0. The van der Waals surface area contributed by atoms with Crippen LogP contribution in [-0.4, -0.2) is 25.8 Å². The van der Waals surface area contributed by atoms with Crippen LogP contribution in [0.2, 0.25) is 0 Å². The Morgan fingerprint density at radius 2 is 1.61 bits per heavy atom. The molecule has 3 aromatic carbocycles. The average Bonchev–Trinajstić information content (AvgIpc) is 3.05. The number of hydrogen-bond acceptors (Lipinski definition) is 2. The van der Waals surface area contributed by atoms with Crippen LogP contribution in [0.3, 0.4) is 0 Å². The second-order valence-corrected chi connectivity index (χ2v) is 7.41. The van der Waals surface area contributed by atoms with E-state index in [1.165, 1.54) is 33.3 Å². The number of ether oxygens (including phenoxy) is 1. The van der Waals surface area contributed by atoms with Gasteiger partial charge in [0.2, 0.25) is 0 Å². The number of anilines is 1. The predicted octanol–water partition coefficient (Wildman–Crippen LogP) is 5.43. The van der Waals surface area contributed by atoms with Gasteiger partial charge in [-0.15, -0.1) is 0 Å². The van der Waals surface area contributed by atoms with Crippen molar-refractivity contribution in [2.45, 2.75) is 5.92 Å². The summed E-state index contributed by atoms with van der Waals surface area (Å²) in [5.74, 6) is 1.02. The molecule has 0 saturated heterocycles. The minimum atomic E-state index is 0.136. The van der Waals surface area contributed by atoms with Gasteiger partial charge in [0.25, 0.3) is 0 Å². The van der Waals surface area contributed by atoms with Gasteiger partial charge < -0.3 is 14.2 Å². The molecule has 4 aromatic rings. The van der Waals surface area contributed by atoms with Crippen LogP contribution in [0, 0.1) is 0 Å². The topological polar surface area (TPSA) is 17.4 Å². The molecule has 28 heavy (non-hydrogen) atoms. The second-order valence-electron chi connectivity index (χ2n) is 7.41. The lowest BCUT2D eigenvalue weighted by atomic mass is 9.85. The van der Waals surface area contributed by atoms with Crippen LogP contribution >= 0.6 is 0 Å². The maximum Gasteiger partial charge on any atom is 0.119 e. The zero-order valence-corrected chi connectivity index (χ0v) is 16.9. The normalized spacial score (nSPS) is 12.1. The highest BCUT2D eigenvalue weighted by Crippen LogP contribution is 2.38. The monoisotopic (exact) mass is 370 g/mol. The molecule has 1 aromatic heterocycles. The largest absolute Gasteiger partial charge is 0.497 e. The standard InChI is InChI=1S/C25H26N2O/c1-26(2)20-14-12-18(13-15-20)25(19-8-7-9-21(16-19)28-4)23-17-27(3)24-11-6-5-10-22(23)24/h5-17,25H,1-4H3. The third kappa shape index (κ3) is 3.24. The molecule has 3 heteroatoms. The molecule has 0 radical (unpaired) electrons. The molecule has 142 valence electrons. The Morgan fingerprint density at radius 3 is 2.32 bits per heavy atom. The van der Waals surface area contributed by atoms with E-state index >= 15 is 0 Å². The number of nitrogens with zero attached hydrogens (tertiary/aromatic N) is 2. The third-order valence-electron chi connectivity index (χ3n) is 5.41. The number of rotatable bonds is 5. The highest BCUT2D eigenvalue weighted by molar-refractivity contribution is 5.85. The van der Waals surface area contributed by atoms with Crippen molar-refractivity contribution in [1.82, 2.24) is 4.57 Å². The molecule has 3 nitrogen and oxygen atoms in total. The molecular weight excluding hydrogens is 344 g/mol. The van der Waals surface area contributed by atoms with Crippen LogP contribution in [0.1, 0.15) is 22.6 Å². The zero-order chi connectivity index (χ0) is 19.7. The van der Waals surface area contributed by atoms with Crippen molar-refractivity contribution in [3.05, 3.63) is 95.7 Å². The lowest BCUT2D eigenvalue weighted by Crippen LogP contribution is -2.09. The third-order valence-corrected chi connectivity index (χ3v) is 5.41. The number of hydrogen-bond donors (Lipinski definition) is 0. The number of benzene rings is 3. The van der Waals surface area contributed by atoms with E-state index in [4.69, 9.17) is 4.74 Å². The van der Waals surface area contributed by atoms with Crippen molar-refractivity contribution in [3.63, 3.8) is 0 Å². The van der Waals surface area contributed by atoms with Gasteiger partial charge in [-0.25, -0.2) is 0 Å². The van der Waals surface area contributed by atoms with Crippen LogP contribution in [0.15, 0.2) is 79.0 Å². The van der Waals surface area contributed by atoms with E-state index in [1.54, 1.807) is 7.11 Å². The summed E-state index contributed by atoms with van der Waals surface area (Å²) in [6, 6.07) is 25.9. The van der Waals surface area contributed by atoms with Crippen LogP contribution < -0.4 is 9.64 Å². The first kappa shape index (κ1) is 18.2. The molecule has 0 aliphatic rings. The predicted molar refractivity (Wildman–Crippen MR) is 118 cm³/mol. The molecule has 0 bridgehead atoms. The minimum absolute atomic E-state index is 0.136. The summed E-state index contributed by atoms with van der Waals surface area (Å²) in [5.41, 5.74) is 6.26. The molecule has 1 unspecified atom stereocenters. The van der Waals surface area contributed by atoms with Crippen molar-refractivity contribution in [3.8, 4) is 5.75 Å². The van der Waals surface area contributed by atoms with E-state index < -0.39 is 0 Å². The Kier molecular flexibility index (Phi) is 4.82. The molecule has 0 fully saturated rings. The van der Waals surface area contributed by atoms with Gasteiger partial charge in [-0.3, -0.25) is 0 Å². The molecular formula is C25H26N2O. The fraction of sp³-hybridized carbons (Fsp3) is 0.200. The summed E-state index contributed by atoms with van der Waals surface area (Å²) in [7, 11) is 7.97. The van der Waals surface area contributed by atoms with E-state index in [0.29, 0.717) is 0 Å². The second kappa shape index (κ2) is 7.43. The number of methoxy groups -OCH3 is 1. The van der Waals surface area contributed by atoms with Gasteiger partial charge in [-0.1, -0.05) is 42.5 Å². The van der Waals surface area contributed by atoms with Crippen molar-refractivity contribution < 1.29 is 4.74 Å². The van der Waals surface area contributed by atoms with E-state index in [2.05, 4.69) is 104 Å². The van der Waals surface area contributed by atoms with Crippen LogP contribution in [0.5, 0.6) is 5.75 Å². The fourth-order valence-electron chi connectivity index (χ4n) is 3.94. The first-order valence-corrected chi connectivity index (χ1v) is 9.53. The van der Waals surface area contributed by atoms with Gasteiger partial charge in [0, 0.05) is 49.8 Å². The molecule has 1 atom stereocenters. The molecule has 4 rings (SSSR count). The Labute approximate surface area is 166 Å². The van der Waals surface area contributed by atoms with E-state index in [-0.39, 0.29) is 5.92 Å². The first-order valence-electron chi connectivity index (χ1n) is 9.53. The Morgan fingerprint density at radius 1 is 0.857 bits per heavy atom. The molecule has 0 aliphatic heterocycles. The Hall–Kier alpha value is -3.20. The summed E-state index contributed by atoms with van der Waals surface area (Å²) in [4.78, 5) is 2.13. The van der Waals surface area contributed by atoms with Gasteiger partial charge in [-0.2, -0.15) is 0 Å². The van der Waals surface area contributed by atoms with Crippen LogP contribution in [0.4, 0.5) is 5.69 Å². The lowest BCUT2D eigenvalue weighted by molar-refractivity contribution is 0.414. The van der Waals surface area contributed by atoms with Gasteiger partial charge in [-0.05, 0) is 47.0 Å². The summed E-state index contributed by atoms with van der Waals surface area (Å²) in [6.07, 6.45) is 2.26. The average molecular weight is 370 g/mol. The van der Waals surface area contributed by atoms with Gasteiger partial charge in [0.15, 0.2) is 0 Å². The smallest absolute Gasteiger partial charge is 0.119 e. The maximum absolute atomic E-state index is 5.51. The Balaban J connectivity index is 1.92. The molecule has 0 amide bonds. The van der Waals surface area contributed by atoms with Crippen LogP contribution in [0.25, 0.3) is 10.9 Å². The number of para-hydroxylation sites is 1.